The number of nitrogens with one attached hydrogen (secondary N) is 1. The van der Waals surface area contributed by atoms with E-state index in [1.54, 1.807) is 34.7 Å². The molecule has 5 nitrogen and oxygen atoms in total. The third kappa shape index (κ3) is 5.25. The molecule has 0 bridgehead atoms. The van der Waals surface area contributed by atoms with Crippen LogP contribution in [0.2, 0.25) is 0 Å². The van der Waals surface area contributed by atoms with E-state index in [4.69, 9.17) is 0 Å². The van der Waals surface area contributed by atoms with Crippen LogP contribution < -0.4 is 10.2 Å². The SMILES string of the molecule is Cc1ccccc1C(C(=O)NC1CCCCC1)N(C(=O)Cc1cccs1)c1cccnc1. The molecule has 1 N–H and O–H groups in total. The number of aryl methyl sites for hydroxylation is 1. The molecule has 0 radical (unpaired) electrons. The summed E-state index contributed by atoms with van der Waals surface area (Å²) in [6.07, 6.45) is 9.03. The maximum absolute atomic E-state index is 13.8. The Labute approximate surface area is 193 Å². The molecule has 1 aliphatic carbocycles. The van der Waals surface area contributed by atoms with Gasteiger partial charge in [0.2, 0.25) is 11.8 Å². The van der Waals surface area contributed by atoms with Gasteiger partial charge >= 0.3 is 0 Å². The molecule has 1 aromatic carbocycles. The summed E-state index contributed by atoms with van der Waals surface area (Å²) in [6.45, 7) is 1.99. The lowest BCUT2D eigenvalue weighted by atomic mass is 9.93. The number of hydrogen-bond donors (Lipinski definition) is 1. The fourth-order valence-electron chi connectivity index (χ4n) is 4.40. The van der Waals surface area contributed by atoms with Crippen LogP contribution in [0, 0.1) is 6.92 Å². The average Bonchev–Trinajstić information content (AvgIpc) is 3.32. The van der Waals surface area contributed by atoms with Crippen LogP contribution in [0.4, 0.5) is 5.69 Å². The molecule has 1 atom stereocenters. The van der Waals surface area contributed by atoms with Crippen LogP contribution in [-0.2, 0) is 16.0 Å². The molecular formula is C26H29N3O2S. The summed E-state index contributed by atoms with van der Waals surface area (Å²) in [6, 6.07) is 14.8. The zero-order valence-electron chi connectivity index (χ0n) is 18.4. The Bertz CT molecular complexity index is 1030. The molecule has 1 saturated carbocycles. The van der Waals surface area contributed by atoms with Crippen molar-refractivity contribution in [2.45, 2.75) is 57.5 Å². The van der Waals surface area contributed by atoms with Crippen molar-refractivity contribution >= 4 is 28.8 Å². The Morgan fingerprint density at radius 1 is 1.09 bits per heavy atom. The molecule has 166 valence electrons. The standard InChI is InChI=1S/C26H29N3O2S/c1-19-9-5-6-14-23(19)25(26(31)28-20-10-3-2-4-11-20)29(21-12-7-15-27-18-21)24(30)17-22-13-8-16-32-22/h5-9,12-16,18,20,25H,2-4,10-11,17H2,1H3,(H,28,31). The highest BCUT2D eigenvalue weighted by atomic mass is 32.1. The number of aromatic nitrogens is 1. The highest BCUT2D eigenvalue weighted by Crippen LogP contribution is 2.31. The number of nitrogens with zero attached hydrogens (tertiary/aromatic N) is 2. The number of carbonyl (C=O) groups is 2. The largest absolute Gasteiger partial charge is 0.351 e. The van der Waals surface area contributed by atoms with E-state index in [0.717, 1.165) is 41.7 Å². The maximum atomic E-state index is 13.8. The van der Waals surface area contributed by atoms with Crippen molar-refractivity contribution < 1.29 is 9.59 Å². The normalized spacial score (nSPS) is 15.2. The van der Waals surface area contributed by atoms with Crippen molar-refractivity contribution in [1.82, 2.24) is 10.3 Å². The van der Waals surface area contributed by atoms with E-state index < -0.39 is 6.04 Å². The summed E-state index contributed by atoms with van der Waals surface area (Å²) in [5.74, 6) is -0.248. The van der Waals surface area contributed by atoms with Gasteiger partial charge in [-0.3, -0.25) is 19.5 Å². The number of pyridine rings is 1. The molecular weight excluding hydrogens is 418 g/mol. The minimum absolute atomic E-state index is 0.118. The summed E-state index contributed by atoms with van der Waals surface area (Å²) in [5.41, 5.74) is 2.44. The second kappa shape index (κ2) is 10.6. The molecule has 2 aromatic heterocycles. The fourth-order valence-corrected chi connectivity index (χ4v) is 5.09. The van der Waals surface area contributed by atoms with Gasteiger partial charge in [0.05, 0.1) is 18.3 Å². The summed E-state index contributed by atoms with van der Waals surface area (Å²) in [5, 5.41) is 5.22. The lowest BCUT2D eigenvalue weighted by molar-refractivity contribution is -0.127. The highest BCUT2D eigenvalue weighted by Gasteiger charge is 2.35. The topological polar surface area (TPSA) is 62.3 Å². The van der Waals surface area contributed by atoms with Crippen molar-refractivity contribution in [2.75, 3.05) is 4.90 Å². The molecule has 2 amide bonds. The van der Waals surface area contributed by atoms with E-state index in [1.807, 2.05) is 54.8 Å². The van der Waals surface area contributed by atoms with Gasteiger partial charge in [-0.25, -0.2) is 0 Å². The minimum atomic E-state index is -0.755. The molecule has 4 rings (SSSR count). The Kier molecular flexibility index (Phi) is 7.32. The highest BCUT2D eigenvalue weighted by molar-refractivity contribution is 7.10. The summed E-state index contributed by atoms with van der Waals surface area (Å²) >= 11 is 1.55. The van der Waals surface area contributed by atoms with E-state index in [0.29, 0.717) is 5.69 Å². The zero-order valence-corrected chi connectivity index (χ0v) is 19.2. The van der Waals surface area contributed by atoms with Gasteiger partial charge in [0.15, 0.2) is 0 Å². The first kappa shape index (κ1) is 22.2. The van der Waals surface area contributed by atoms with Gasteiger partial charge < -0.3 is 5.32 Å². The molecule has 3 aromatic rings. The number of benzene rings is 1. The molecule has 1 unspecified atom stereocenters. The van der Waals surface area contributed by atoms with E-state index in [-0.39, 0.29) is 24.3 Å². The van der Waals surface area contributed by atoms with Crippen LogP contribution in [0.5, 0.6) is 0 Å². The molecule has 6 heteroatoms. The summed E-state index contributed by atoms with van der Waals surface area (Å²) in [7, 11) is 0. The molecule has 0 aliphatic heterocycles. The lowest BCUT2D eigenvalue weighted by Crippen LogP contribution is -2.48. The second-order valence-corrected chi connectivity index (χ2v) is 9.37. The second-order valence-electron chi connectivity index (χ2n) is 8.33. The Morgan fingerprint density at radius 2 is 1.91 bits per heavy atom. The number of rotatable bonds is 7. The molecule has 0 saturated heterocycles. The fraction of sp³-hybridized carbons (Fsp3) is 0.346. The van der Waals surface area contributed by atoms with Crippen molar-refractivity contribution in [3.05, 3.63) is 82.3 Å². The minimum Gasteiger partial charge on any atom is -0.351 e. The summed E-state index contributed by atoms with van der Waals surface area (Å²) < 4.78 is 0. The van der Waals surface area contributed by atoms with Gasteiger partial charge in [-0.1, -0.05) is 49.6 Å². The zero-order chi connectivity index (χ0) is 22.3. The van der Waals surface area contributed by atoms with Crippen LogP contribution in [0.1, 0.15) is 54.1 Å². The van der Waals surface area contributed by atoms with Gasteiger partial charge in [-0.15, -0.1) is 11.3 Å². The monoisotopic (exact) mass is 447 g/mol. The smallest absolute Gasteiger partial charge is 0.248 e. The predicted molar refractivity (Wildman–Crippen MR) is 129 cm³/mol. The van der Waals surface area contributed by atoms with Gasteiger partial charge in [0, 0.05) is 17.1 Å². The number of hydrogen-bond acceptors (Lipinski definition) is 4. The first-order chi connectivity index (χ1) is 15.6. The molecule has 0 spiro atoms. The number of anilines is 1. The molecule has 32 heavy (non-hydrogen) atoms. The predicted octanol–water partition coefficient (Wildman–Crippen LogP) is 5.22. The maximum Gasteiger partial charge on any atom is 0.248 e. The van der Waals surface area contributed by atoms with Crippen LogP contribution in [0.15, 0.2) is 66.3 Å². The average molecular weight is 448 g/mol. The van der Waals surface area contributed by atoms with Gasteiger partial charge in [-0.2, -0.15) is 0 Å². The van der Waals surface area contributed by atoms with Crippen LogP contribution in [0.25, 0.3) is 0 Å². The first-order valence-corrected chi connectivity index (χ1v) is 12.1. The van der Waals surface area contributed by atoms with Crippen LogP contribution >= 0.6 is 11.3 Å². The van der Waals surface area contributed by atoms with Crippen molar-refractivity contribution in [2.24, 2.45) is 0 Å². The van der Waals surface area contributed by atoms with Gasteiger partial charge in [0.25, 0.3) is 0 Å². The van der Waals surface area contributed by atoms with E-state index in [9.17, 15) is 9.59 Å². The first-order valence-electron chi connectivity index (χ1n) is 11.2. The van der Waals surface area contributed by atoms with Crippen molar-refractivity contribution in [3.8, 4) is 0 Å². The van der Waals surface area contributed by atoms with Crippen LogP contribution in [0.3, 0.4) is 0 Å². The number of carbonyl (C=O) groups excluding carboxylic acids is 2. The molecule has 1 aliphatic rings. The van der Waals surface area contributed by atoms with E-state index in [1.165, 1.54) is 6.42 Å². The lowest BCUT2D eigenvalue weighted by Gasteiger charge is -2.34. The van der Waals surface area contributed by atoms with Crippen molar-refractivity contribution in [1.29, 1.82) is 0 Å². The van der Waals surface area contributed by atoms with Crippen molar-refractivity contribution in [3.63, 3.8) is 0 Å². The Balaban J connectivity index is 1.74. The third-order valence-corrected chi connectivity index (χ3v) is 6.92. The molecule has 1 fully saturated rings. The Morgan fingerprint density at radius 3 is 2.59 bits per heavy atom. The number of thiophene rings is 1. The third-order valence-electron chi connectivity index (χ3n) is 6.04. The Hall–Kier alpha value is -2.99. The van der Waals surface area contributed by atoms with Crippen LogP contribution in [-0.4, -0.2) is 22.8 Å². The van der Waals surface area contributed by atoms with Gasteiger partial charge in [-0.05, 0) is 54.5 Å². The quantitative estimate of drug-likeness (QED) is 0.540. The summed E-state index contributed by atoms with van der Waals surface area (Å²) in [4.78, 5) is 34.3. The van der Waals surface area contributed by atoms with Gasteiger partial charge in [0.1, 0.15) is 6.04 Å². The molecule has 2 heterocycles. The van der Waals surface area contributed by atoms with E-state index in [2.05, 4.69) is 10.3 Å². The number of amides is 2. The van der Waals surface area contributed by atoms with E-state index >= 15 is 0 Å².